The molecule has 7 heteroatoms. The van der Waals surface area contributed by atoms with E-state index < -0.39 is 10.0 Å². The molecule has 0 saturated carbocycles. The predicted molar refractivity (Wildman–Crippen MR) is 95.1 cm³/mol. The van der Waals surface area contributed by atoms with Gasteiger partial charge in [0.05, 0.1) is 0 Å². The van der Waals surface area contributed by atoms with Gasteiger partial charge in [0.2, 0.25) is 10.0 Å². The molecule has 0 saturated heterocycles. The number of nitrogens with one attached hydrogen (secondary N) is 1. The summed E-state index contributed by atoms with van der Waals surface area (Å²) in [6.07, 6.45) is 3.39. The van der Waals surface area contributed by atoms with E-state index in [0.29, 0.717) is 24.8 Å². The first-order valence-electron chi connectivity index (χ1n) is 8.06. The second kappa shape index (κ2) is 8.98. The first-order valence-corrected chi connectivity index (χ1v) is 9.50. The van der Waals surface area contributed by atoms with Gasteiger partial charge in [0.25, 0.3) is 0 Å². The fourth-order valence-electron chi connectivity index (χ4n) is 2.02. The number of rotatable bonds is 9. The zero-order valence-corrected chi connectivity index (χ0v) is 15.5. The van der Waals surface area contributed by atoms with Crippen LogP contribution in [0.15, 0.2) is 28.3 Å². The number of hydrogen-bond acceptors (Lipinski definition) is 5. The maximum atomic E-state index is 12.4. The van der Waals surface area contributed by atoms with Crippen molar-refractivity contribution in [3.05, 3.63) is 18.3 Å². The van der Waals surface area contributed by atoms with Crippen molar-refractivity contribution >= 4 is 21.6 Å². The molecule has 0 aliphatic heterocycles. The zero-order chi connectivity index (χ0) is 17.5. The minimum atomic E-state index is -3.46. The van der Waals surface area contributed by atoms with Crippen LogP contribution in [-0.2, 0) is 10.0 Å². The van der Waals surface area contributed by atoms with E-state index in [1.54, 1.807) is 12.1 Å². The monoisotopic (exact) mass is 340 g/mol. The average molecular weight is 340 g/mol. The Labute approximate surface area is 140 Å². The molecule has 0 aromatic carbocycles. The first kappa shape index (κ1) is 19.6. The van der Waals surface area contributed by atoms with Gasteiger partial charge in [-0.25, -0.2) is 13.4 Å². The van der Waals surface area contributed by atoms with Crippen LogP contribution in [0.4, 0.5) is 5.82 Å². The van der Waals surface area contributed by atoms with Gasteiger partial charge in [0.15, 0.2) is 0 Å². The molecule has 0 spiro atoms. The molecule has 0 radical (unpaired) electrons. The second-order valence-corrected chi connectivity index (χ2v) is 7.80. The molecule has 1 N–H and O–H groups in total. The van der Waals surface area contributed by atoms with Crippen LogP contribution in [-0.4, -0.2) is 36.5 Å². The Morgan fingerprint density at radius 2 is 1.96 bits per heavy atom. The lowest BCUT2D eigenvalue weighted by atomic mass is 10.1. The minimum absolute atomic E-state index is 0.201. The minimum Gasteiger partial charge on any atom is -0.261 e. The molecule has 1 rings (SSSR count). The van der Waals surface area contributed by atoms with Crippen molar-refractivity contribution in [3.8, 4) is 0 Å². The van der Waals surface area contributed by atoms with Gasteiger partial charge in [0, 0.05) is 25.0 Å². The summed E-state index contributed by atoms with van der Waals surface area (Å²) in [7, 11) is -3.46. The third-order valence-corrected chi connectivity index (χ3v) is 5.56. The molecule has 6 nitrogen and oxygen atoms in total. The Kier molecular flexibility index (Phi) is 7.64. The van der Waals surface area contributed by atoms with Crippen LogP contribution in [0.5, 0.6) is 0 Å². The largest absolute Gasteiger partial charge is 0.261 e. The van der Waals surface area contributed by atoms with E-state index >= 15 is 0 Å². The number of hydrazone groups is 1. The van der Waals surface area contributed by atoms with E-state index in [1.807, 2.05) is 20.8 Å². The summed E-state index contributed by atoms with van der Waals surface area (Å²) in [5, 5.41) is 4.27. The molecule has 0 unspecified atom stereocenters. The predicted octanol–water partition coefficient (Wildman–Crippen LogP) is 3.34. The molecule has 1 aromatic heterocycles. The highest BCUT2D eigenvalue weighted by Gasteiger charge is 2.21. The highest BCUT2D eigenvalue weighted by molar-refractivity contribution is 7.89. The summed E-state index contributed by atoms with van der Waals surface area (Å²) < 4.78 is 26.1. The average Bonchev–Trinajstić information content (AvgIpc) is 2.52. The Morgan fingerprint density at radius 1 is 1.30 bits per heavy atom. The fraction of sp³-hybridized carbons (Fsp3) is 0.625. The molecule has 0 amide bonds. The highest BCUT2D eigenvalue weighted by atomic mass is 32.2. The summed E-state index contributed by atoms with van der Waals surface area (Å²) in [5.74, 6) is 1.18. The Bertz CT molecular complexity index is 605. The van der Waals surface area contributed by atoms with Crippen molar-refractivity contribution in [2.75, 3.05) is 18.5 Å². The van der Waals surface area contributed by atoms with Crippen LogP contribution in [0.2, 0.25) is 0 Å². The number of nitrogens with zero attached hydrogens (tertiary/aromatic N) is 3. The van der Waals surface area contributed by atoms with E-state index in [4.69, 9.17) is 0 Å². The van der Waals surface area contributed by atoms with Crippen molar-refractivity contribution in [3.63, 3.8) is 0 Å². The maximum absolute atomic E-state index is 12.4. The molecule has 0 fully saturated rings. The molecule has 0 atom stereocenters. The summed E-state index contributed by atoms with van der Waals surface area (Å²) in [6.45, 7) is 10.8. The van der Waals surface area contributed by atoms with E-state index in [9.17, 15) is 8.42 Å². The van der Waals surface area contributed by atoms with Crippen LogP contribution in [0.3, 0.4) is 0 Å². The fourth-order valence-corrected chi connectivity index (χ4v) is 3.42. The standard InChI is InChI=1S/C16H28N4O2S/c1-6-20(7-2)23(21,22)15-10-11-16(17-12-15)19-18-14(5)9-8-13(3)4/h10-13H,6-9H2,1-5H3,(H,17,19)/b18-14+. The van der Waals surface area contributed by atoms with Crippen LogP contribution in [0.25, 0.3) is 0 Å². The molecule has 0 aliphatic carbocycles. The van der Waals surface area contributed by atoms with Crippen LogP contribution in [0.1, 0.15) is 47.5 Å². The highest BCUT2D eigenvalue weighted by Crippen LogP contribution is 2.16. The maximum Gasteiger partial charge on any atom is 0.244 e. The first-order chi connectivity index (χ1) is 10.8. The van der Waals surface area contributed by atoms with Crippen LogP contribution in [0, 0.1) is 5.92 Å². The van der Waals surface area contributed by atoms with Gasteiger partial charge in [-0.05, 0) is 37.8 Å². The van der Waals surface area contributed by atoms with Gasteiger partial charge in [-0.15, -0.1) is 0 Å². The Morgan fingerprint density at radius 3 is 2.43 bits per heavy atom. The van der Waals surface area contributed by atoms with Crippen molar-refractivity contribution in [2.24, 2.45) is 11.0 Å². The number of pyridine rings is 1. The Hall–Kier alpha value is -1.47. The van der Waals surface area contributed by atoms with E-state index in [2.05, 4.69) is 29.4 Å². The topological polar surface area (TPSA) is 74.7 Å². The third-order valence-electron chi connectivity index (χ3n) is 3.52. The molecule has 0 aliphatic rings. The van der Waals surface area contributed by atoms with Gasteiger partial charge in [-0.3, -0.25) is 5.43 Å². The van der Waals surface area contributed by atoms with E-state index in [0.717, 1.165) is 18.6 Å². The molecule has 1 heterocycles. The second-order valence-electron chi connectivity index (χ2n) is 5.86. The normalized spacial score (nSPS) is 12.9. The molecule has 23 heavy (non-hydrogen) atoms. The number of hydrogen-bond donors (Lipinski definition) is 1. The number of anilines is 1. The van der Waals surface area contributed by atoms with Crippen molar-refractivity contribution < 1.29 is 8.42 Å². The number of aromatic nitrogens is 1. The van der Waals surface area contributed by atoms with Gasteiger partial charge in [0.1, 0.15) is 10.7 Å². The van der Waals surface area contributed by atoms with Crippen molar-refractivity contribution in [2.45, 2.75) is 52.4 Å². The van der Waals surface area contributed by atoms with Crippen LogP contribution >= 0.6 is 0 Å². The van der Waals surface area contributed by atoms with E-state index in [-0.39, 0.29) is 4.90 Å². The SMILES string of the molecule is CCN(CC)S(=O)(=O)c1ccc(N/N=C(\C)CCC(C)C)nc1. The van der Waals surface area contributed by atoms with Crippen LogP contribution < -0.4 is 5.43 Å². The third kappa shape index (κ3) is 5.91. The summed E-state index contributed by atoms with van der Waals surface area (Å²) >= 11 is 0. The van der Waals surface area contributed by atoms with Gasteiger partial charge < -0.3 is 0 Å². The summed E-state index contributed by atoms with van der Waals surface area (Å²) in [4.78, 5) is 4.34. The van der Waals surface area contributed by atoms with E-state index in [1.165, 1.54) is 10.5 Å². The summed E-state index contributed by atoms with van der Waals surface area (Å²) in [5.41, 5.74) is 3.87. The lowest BCUT2D eigenvalue weighted by molar-refractivity contribution is 0.445. The van der Waals surface area contributed by atoms with Crippen molar-refractivity contribution in [1.82, 2.24) is 9.29 Å². The Balaban J connectivity index is 2.75. The zero-order valence-electron chi connectivity index (χ0n) is 14.7. The molecule has 0 bridgehead atoms. The molecule has 1 aromatic rings. The van der Waals surface area contributed by atoms with Gasteiger partial charge in [-0.2, -0.15) is 9.41 Å². The quantitative estimate of drug-likeness (QED) is 0.552. The molecule has 130 valence electrons. The molecular formula is C16H28N4O2S. The molecular weight excluding hydrogens is 312 g/mol. The number of sulfonamides is 1. The van der Waals surface area contributed by atoms with Gasteiger partial charge >= 0.3 is 0 Å². The van der Waals surface area contributed by atoms with Crippen molar-refractivity contribution in [1.29, 1.82) is 0 Å². The lowest BCUT2D eigenvalue weighted by Crippen LogP contribution is -2.30. The smallest absolute Gasteiger partial charge is 0.244 e. The summed E-state index contributed by atoms with van der Waals surface area (Å²) in [6, 6.07) is 3.19. The van der Waals surface area contributed by atoms with Gasteiger partial charge in [-0.1, -0.05) is 27.7 Å². The lowest BCUT2D eigenvalue weighted by Gasteiger charge is -2.18.